The van der Waals surface area contributed by atoms with Crippen LogP contribution in [-0.4, -0.2) is 26.8 Å². The predicted molar refractivity (Wildman–Crippen MR) is 113 cm³/mol. The molecule has 0 aliphatic heterocycles. The van der Waals surface area contributed by atoms with Crippen LogP contribution >= 0.6 is 23.1 Å². The van der Waals surface area contributed by atoms with Crippen molar-refractivity contribution in [2.24, 2.45) is 0 Å². The Kier molecular flexibility index (Phi) is 5.44. The molecule has 0 atom stereocenters. The van der Waals surface area contributed by atoms with E-state index in [4.69, 9.17) is 0 Å². The number of carbonyl (C=O) groups is 1. The van der Waals surface area contributed by atoms with Crippen molar-refractivity contribution in [3.05, 3.63) is 51.1 Å². The van der Waals surface area contributed by atoms with E-state index in [1.54, 1.807) is 4.57 Å². The Morgan fingerprint density at radius 3 is 2.67 bits per heavy atom. The molecular weight excluding hydrogens is 378 g/mol. The minimum atomic E-state index is -0.296. The van der Waals surface area contributed by atoms with Crippen LogP contribution in [0.1, 0.15) is 31.9 Å². The first kappa shape index (κ1) is 19.6. The van der Waals surface area contributed by atoms with Gasteiger partial charge in [-0.3, -0.25) is 14.2 Å². The van der Waals surface area contributed by atoms with Crippen molar-refractivity contribution in [2.45, 2.75) is 45.3 Å². The zero-order valence-corrected chi connectivity index (χ0v) is 17.8. The molecule has 7 heteroatoms. The number of amides is 1. The Morgan fingerprint density at radius 1 is 1.26 bits per heavy atom. The lowest BCUT2D eigenvalue weighted by atomic mass is 10.1. The van der Waals surface area contributed by atoms with Gasteiger partial charge in [-0.05, 0) is 57.7 Å². The molecule has 0 saturated heterocycles. The second-order valence-electron chi connectivity index (χ2n) is 7.55. The fraction of sp³-hybridized carbons (Fsp3) is 0.350. The molecule has 0 aliphatic rings. The maximum Gasteiger partial charge on any atom is 0.276 e. The number of nitrogens with one attached hydrogen (secondary N) is 1. The Morgan fingerprint density at radius 2 is 2.00 bits per heavy atom. The summed E-state index contributed by atoms with van der Waals surface area (Å²) in [6.45, 7) is 9.82. The normalized spacial score (nSPS) is 11.7. The second kappa shape index (κ2) is 7.48. The SMILES string of the molecule is Cc1ccc(-n2c(SCC(=O)NC(C)(C)C)nc3ccsc3c2=O)c(C)c1. The van der Waals surface area contributed by atoms with Crippen molar-refractivity contribution in [3.8, 4) is 5.69 Å². The van der Waals surface area contributed by atoms with Crippen molar-refractivity contribution in [1.82, 2.24) is 14.9 Å². The van der Waals surface area contributed by atoms with E-state index >= 15 is 0 Å². The summed E-state index contributed by atoms with van der Waals surface area (Å²) < 4.78 is 2.25. The summed E-state index contributed by atoms with van der Waals surface area (Å²) in [7, 11) is 0. The fourth-order valence-electron chi connectivity index (χ4n) is 2.84. The van der Waals surface area contributed by atoms with Gasteiger partial charge in [0.15, 0.2) is 5.16 Å². The maximum atomic E-state index is 13.1. The highest BCUT2D eigenvalue weighted by molar-refractivity contribution is 7.99. The molecule has 0 saturated carbocycles. The molecule has 1 amide bonds. The van der Waals surface area contributed by atoms with Gasteiger partial charge in [-0.15, -0.1) is 11.3 Å². The molecule has 2 heterocycles. The monoisotopic (exact) mass is 401 g/mol. The fourth-order valence-corrected chi connectivity index (χ4v) is 4.41. The minimum Gasteiger partial charge on any atom is -0.351 e. The summed E-state index contributed by atoms with van der Waals surface area (Å²) in [5.41, 5.74) is 3.21. The molecule has 3 aromatic rings. The van der Waals surface area contributed by atoms with Gasteiger partial charge in [0, 0.05) is 5.54 Å². The van der Waals surface area contributed by atoms with Crippen molar-refractivity contribution < 1.29 is 4.79 Å². The van der Waals surface area contributed by atoms with Crippen LogP contribution in [0.15, 0.2) is 39.6 Å². The number of aryl methyl sites for hydroxylation is 2. The van der Waals surface area contributed by atoms with E-state index in [2.05, 4.69) is 10.3 Å². The lowest BCUT2D eigenvalue weighted by Gasteiger charge is -2.20. The lowest BCUT2D eigenvalue weighted by molar-refractivity contribution is -0.119. The molecule has 3 rings (SSSR count). The van der Waals surface area contributed by atoms with Gasteiger partial charge < -0.3 is 5.32 Å². The summed E-state index contributed by atoms with van der Waals surface area (Å²) in [5.74, 6) is 0.115. The molecule has 0 fully saturated rings. The average Bonchev–Trinajstić information content (AvgIpc) is 3.01. The standard InChI is InChI=1S/C20H23N3O2S2/c1-12-6-7-15(13(2)10-12)23-18(25)17-14(8-9-26-17)21-19(23)27-11-16(24)22-20(3,4)5/h6-10H,11H2,1-5H3,(H,22,24). The van der Waals surface area contributed by atoms with E-state index in [1.165, 1.54) is 23.1 Å². The molecule has 0 aliphatic carbocycles. The van der Waals surface area contributed by atoms with Crippen LogP contribution in [-0.2, 0) is 4.79 Å². The zero-order valence-electron chi connectivity index (χ0n) is 16.1. The third-order valence-corrected chi connectivity index (χ3v) is 5.72. The highest BCUT2D eigenvalue weighted by Gasteiger charge is 2.18. The van der Waals surface area contributed by atoms with Crippen LogP contribution in [0.2, 0.25) is 0 Å². The quantitative estimate of drug-likeness (QED) is 0.529. The van der Waals surface area contributed by atoms with E-state index in [1.807, 2.05) is 64.3 Å². The Bertz CT molecular complexity index is 1060. The lowest BCUT2D eigenvalue weighted by Crippen LogP contribution is -2.41. The highest BCUT2D eigenvalue weighted by Crippen LogP contribution is 2.25. The molecule has 0 bridgehead atoms. The molecule has 142 valence electrons. The van der Waals surface area contributed by atoms with Crippen LogP contribution in [0.5, 0.6) is 0 Å². The minimum absolute atomic E-state index is 0.0839. The van der Waals surface area contributed by atoms with Gasteiger partial charge in [0.1, 0.15) is 4.70 Å². The average molecular weight is 402 g/mol. The molecule has 0 spiro atoms. The van der Waals surface area contributed by atoms with Gasteiger partial charge in [0.2, 0.25) is 5.91 Å². The number of carbonyl (C=O) groups excluding carboxylic acids is 1. The number of hydrogen-bond donors (Lipinski definition) is 1. The smallest absolute Gasteiger partial charge is 0.276 e. The Balaban J connectivity index is 2.06. The van der Waals surface area contributed by atoms with Crippen molar-refractivity contribution in [2.75, 3.05) is 5.75 Å². The van der Waals surface area contributed by atoms with Crippen molar-refractivity contribution in [3.63, 3.8) is 0 Å². The summed E-state index contributed by atoms with van der Waals surface area (Å²) in [5, 5.41) is 5.34. The zero-order chi connectivity index (χ0) is 19.8. The molecular formula is C20H23N3O2S2. The van der Waals surface area contributed by atoms with E-state index in [9.17, 15) is 9.59 Å². The third-order valence-electron chi connectivity index (χ3n) is 3.89. The van der Waals surface area contributed by atoms with Gasteiger partial charge in [-0.2, -0.15) is 0 Å². The Hall–Kier alpha value is -2.12. The molecule has 0 unspecified atom stereocenters. The molecule has 5 nitrogen and oxygen atoms in total. The van der Waals surface area contributed by atoms with E-state index < -0.39 is 0 Å². The summed E-state index contributed by atoms with van der Waals surface area (Å²) >= 11 is 2.67. The van der Waals surface area contributed by atoms with Crippen LogP contribution < -0.4 is 10.9 Å². The molecule has 27 heavy (non-hydrogen) atoms. The van der Waals surface area contributed by atoms with Gasteiger partial charge in [0.25, 0.3) is 5.56 Å². The first-order valence-corrected chi connectivity index (χ1v) is 10.5. The van der Waals surface area contributed by atoms with E-state index in [0.29, 0.717) is 15.4 Å². The highest BCUT2D eigenvalue weighted by atomic mass is 32.2. The molecule has 2 aromatic heterocycles. The number of rotatable bonds is 4. The topological polar surface area (TPSA) is 64.0 Å². The Labute approximate surface area is 166 Å². The number of benzene rings is 1. The number of aromatic nitrogens is 2. The molecule has 1 N–H and O–H groups in total. The van der Waals surface area contributed by atoms with Crippen molar-refractivity contribution in [1.29, 1.82) is 0 Å². The number of fused-ring (bicyclic) bond motifs is 1. The predicted octanol–water partition coefficient (Wildman–Crippen LogP) is 4.07. The number of thiophene rings is 1. The maximum absolute atomic E-state index is 13.1. The van der Waals surface area contributed by atoms with Crippen LogP contribution in [0.3, 0.4) is 0 Å². The largest absolute Gasteiger partial charge is 0.351 e. The number of nitrogens with zero attached hydrogens (tertiary/aromatic N) is 2. The first-order valence-electron chi connectivity index (χ1n) is 8.67. The third kappa shape index (κ3) is 4.42. The van der Waals surface area contributed by atoms with Crippen LogP contribution in [0.4, 0.5) is 0 Å². The molecule has 0 radical (unpaired) electrons. The first-order chi connectivity index (χ1) is 12.7. The number of hydrogen-bond acceptors (Lipinski definition) is 5. The summed E-state index contributed by atoms with van der Waals surface area (Å²) in [6.07, 6.45) is 0. The van der Waals surface area contributed by atoms with Gasteiger partial charge >= 0.3 is 0 Å². The van der Waals surface area contributed by atoms with E-state index in [0.717, 1.165) is 16.8 Å². The summed E-state index contributed by atoms with van der Waals surface area (Å²) in [6, 6.07) is 7.80. The van der Waals surface area contributed by atoms with Crippen LogP contribution in [0.25, 0.3) is 15.9 Å². The number of thioether (sulfide) groups is 1. The van der Waals surface area contributed by atoms with E-state index in [-0.39, 0.29) is 22.8 Å². The molecule has 1 aromatic carbocycles. The van der Waals surface area contributed by atoms with Crippen LogP contribution in [0, 0.1) is 13.8 Å². The van der Waals surface area contributed by atoms with Gasteiger partial charge in [-0.25, -0.2) is 4.98 Å². The van der Waals surface area contributed by atoms with Gasteiger partial charge in [0.05, 0.1) is 17.0 Å². The second-order valence-corrected chi connectivity index (χ2v) is 9.41. The van der Waals surface area contributed by atoms with Gasteiger partial charge in [-0.1, -0.05) is 29.5 Å². The van der Waals surface area contributed by atoms with Crippen molar-refractivity contribution >= 4 is 39.2 Å². The summed E-state index contributed by atoms with van der Waals surface area (Å²) in [4.78, 5) is 30.0.